The van der Waals surface area contributed by atoms with Gasteiger partial charge in [-0.2, -0.15) is 0 Å². The Balaban J connectivity index is 1.11. The number of fused-ring (bicyclic) bond motifs is 1. The van der Waals surface area contributed by atoms with Crippen LogP contribution >= 0.6 is 0 Å². The van der Waals surface area contributed by atoms with Crippen LogP contribution in [0.2, 0.25) is 0 Å². The molecule has 42 heavy (non-hydrogen) atoms. The van der Waals surface area contributed by atoms with E-state index < -0.39 is 6.04 Å². The molecule has 1 aromatic carbocycles. The maximum absolute atomic E-state index is 13.6. The number of hydrogen-bond donors (Lipinski definition) is 1. The monoisotopic (exact) mass is 567 g/mol. The fourth-order valence-electron chi connectivity index (χ4n) is 5.93. The molecule has 0 aliphatic carbocycles. The van der Waals surface area contributed by atoms with Crippen LogP contribution < -0.4 is 20.0 Å². The Bertz CT molecular complexity index is 1470. The highest BCUT2D eigenvalue weighted by molar-refractivity contribution is 6.00. The number of Topliss-reactive ketones (excluding diaryl/α,β-unsaturated/α-hetero) is 1. The van der Waals surface area contributed by atoms with Gasteiger partial charge in [0.15, 0.2) is 5.58 Å². The van der Waals surface area contributed by atoms with Gasteiger partial charge >= 0.3 is 0 Å². The number of oxazole rings is 1. The van der Waals surface area contributed by atoms with E-state index >= 15 is 0 Å². The van der Waals surface area contributed by atoms with Crippen LogP contribution in [-0.4, -0.2) is 71.4 Å². The van der Waals surface area contributed by atoms with E-state index in [0.29, 0.717) is 17.5 Å². The lowest BCUT2D eigenvalue weighted by Gasteiger charge is -2.38. The number of rotatable bonds is 9. The molecule has 3 aromatic heterocycles. The van der Waals surface area contributed by atoms with Gasteiger partial charge in [-0.3, -0.25) is 14.6 Å². The number of aromatic nitrogens is 3. The molecule has 2 fully saturated rings. The summed E-state index contributed by atoms with van der Waals surface area (Å²) >= 11 is 0. The number of piperidine rings is 1. The first kappa shape index (κ1) is 27.7. The van der Waals surface area contributed by atoms with Crippen LogP contribution in [0.3, 0.4) is 0 Å². The molecule has 0 saturated carbocycles. The minimum absolute atomic E-state index is 0.0384. The van der Waals surface area contributed by atoms with E-state index in [1.807, 2.05) is 43.6 Å². The molecule has 2 aliphatic heterocycles. The molecular weight excluding hydrogens is 530 g/mol. The van der Waals surface area contributed by atoms with Crippen molar-refractivity contribution >= 4 is 40.0 Å². The second-order valence-electron chi connectivity index (χ2n) is 11.0. The van der Waals surface area contributed by atoms with Crippen molar-refractivity contribution < 1.29 is 14.0 Å². The molecule has 0 spiro atoms. The molecule has 0 radical (unpaired) electrons. The third kappa shape index (κ3) is 5.93. The summed E-state index contributed by atoms with van der Waals surface area (Å²) in [5.74, 6) is 0.540. The van der Waals surface area contributed by atoms with Gasteiger partial charge in [-0.25, -0.2) is 9.97 Å². The number of pyridine rings is 2. The van der Waals surface area contributed by atoms with Gasteiger partial charge < -0.3 is 24.4 Å². The predicted molar refractivity (Wildman–Crippen MR) is 163 cm³/mol. The van der Waals surface area contributed by atoms with Crippen molar-refractivity contribution in [1.29, 1.82) is 0 Å². The molecule has 6 rings (SSSR count). The number of nitrogens with zero attached hydrogens (tertiary/aromatic N) is 6. The zero-order valence-corrected chi connectivity index (χ0v) is 24.0. The average Bonchev–Trinajstić information content (AvgIpc) is 3.49. The molecule has 2 unspecified atom stereocenters. The molecule has 10 heteroatoms. The maximum Gasteiger partial charge on any atom is 0.266 e. The molecule has 2 atom stereocenters. The van der Waals surface area contributed by atoms with Crippen LogP contribution in [0, 0.1) is 0 Å². The van der Waals surface area contributed by atoms with Gasteiger partial charge in [-0.15, -0.1) is 0 Å². The Labute approximate surface area is 245 Å². The van der Waals surface area contributed by atoms with Crippen molar-refractivity contribution in [2.24, 2.45) is 0 Å². The summed E-state index contributed by atoms with van der Waals surface area (Å²) in [6.45, 7) is 6.33. The van der Waals surface area contributed by atoms with Gasteiger partial charge in [0.2, 0.25) is 11.7 Å². The maximum atomic E-state index is 13.6. The quantitative estimate of drug-likeness (QED) is 0.293. The fourth-order valence-corrected chi connectivity index (χ4v) is 5.93. The van der Waals surface area contributed by atoms with Crippen LogP contribution in [0.4, 0.5) is 17.2 Å². The summed E-state index contributed by atoms with van der Waals surface area (Å²) in [7, 11) is 0. The van der Waals surface area contributed by atoms with Crippen LogP contribution in [-0.2, 0) is 4.79 Å². The van der Waals surface area contributed by atoms with E-state index in [-0.39, 0.29) is 23.6 Å². The number of anilines is 3. The molecule has 0 bridgehead atoms. The number of amides is 1. The topological polar surface area (TPSA) is 108 Å². The number of nitrogens with one attached hydrogen (secondary N) is 1. The number of para-hydroxylation sites is 2. The minimum Gasteiger partial charge on any atom is -0.434 e. The molecule has 4 aromatic rings. The van der Waals surface area contributed by atoms with Crippen molar-refractivity contribution in [3.63, 3.8) is 0 Å². The van der Waals surface area contributed by atoms with E-state index in [9.17, 15) is 9.59 Å². The van der Waals surface area contributed by atoms with Crippen LogP contribution in [0.15, 0.2) is 71.5 Å². The second kappa shape index (κ2) is 12.6. The predicted octanol–water partition coefficient (Wildman–Crippen LogP) is 4.47. The van der Waals surface area contributed by atoms with E-state index in [1.165, 1.54) is 0 Å². The average molecular weight is 568 g/mol. The first-order valence-electron chi connectivity index (χ1n) is 14.9. The number of hydrogen-bond acceptors (Lipinski definition) is 9. The number of piperazine rings is 1. The lowest BCUT2D eigenvalue weighted by molar-refractivity contribution is -0.123. The van der Waals surface area contributed by atoms with Crippen molar-refractivity contribution in [1.82, 2.24) is 20.3 Å². The summed E-state index contributed by atoms with van der Waals surface area (Å²) in [6, 6.07) is 14.4. The van der Waals surface area contributed by atoms with Gasteiger partial charge in [0.25, 0.3) is 5.89 Å². The van der Waals surface area contributed by atoms with Crippen molar-refractivity contribution in [2.45, 2.75) is 51.1 Å². The zero-order chi connectivity index (χ0) is 28.9. The highest BCUT2D eigenvalue weighted by atomic mass is 16.4. The number of carbonyl (C=O) groups is 2. The van der Waals surface area contributed by atoms with E-state index in [1.54, 1.807) is 12.3 Å². The smallest absolute Gasteiger partial charge is 0.266 e. The molecule has 1 N–H and O–H groups in total. The summed E-state index contributed by atoms with van der Waals surface area (Å²) < 4.78 is 5.72. The van der Waals surface area contributed by atoms with E-state index in [0.717, 1.165) is 75.6 Å². The van der Waals surface area contributed by atoms with Crippen molar-refractivity contribution in [2.75, 3.05) is 47.4 Å². The third-order valence-corrected chi connectivity index (χ3v) is 8.20. The van der Waals surface area contributed by atoms with E-state index in [2.05, 4.69) is 48.2 Å². The zero-order valence-electron chi connectivity index (χ0n) is 24.0. The first-order valence-corrected chi connectivity index (χ1v) is 14.9. The largest absolute Gasteiger partial charge is 0.434 e. The summed E-state index contributed by atoms with van der Waals surface area (Å²) in [5, 5.41) is 3.04. The van der Waals surface area contributed by atoms with Gasteiger partial charge in [0.1, 0.15) is 17.4 Å². The summed E-state index contributed by atoms with van der Waals surface area (Å²) in [5.41, 5.74) is 3.26. The Morgan fingerprint density at radius 2 is 1.79 bits per heavy atom. The minimum atomic E-state index is -0.690. The molecule has 10 nitrogen and oxygen atoms in total. The highest BCUT2D eigenvalue weighted by Gasteiger charge is 2.33. The molecule has 1 amide bonds. The standard InChI is InChI=1S/C32H37N7O3/c1-2-8-26(30(40)32-36-25-10-3-4-12-28(25)42-32)35-31(41)27-11-5-6-16-39(27)24-13-14-29(34-22-24)38-19-17-37(18-20-38)23-9-7-15-33-21-23/h3-4,7,9-10,12-15,21-22,26-27H,2,5-6,8,11,16-20H2,1H3,(H,35,41). The van der Waals surface area contributed by atoms with Crippen molar-refractivity contribution in [3.05, 3.63) is 73.0 Å². The number of carbonyl (C=O) groups excluding carboxylic acids is 2. The Hall–Kier alpha value is -4.47. The van der Waals surface area contributed by atoms with Gasteiger partial charge in [-0.05, 0) is 62.1 Å². The molecule has 218 valence electrons. The van der Waals surface area contributed by atoms with Gasteiger partial charge in [0.05, 0.1) is 29.8 Å². The second-order valence-corrected chi connectivity index (χ2v) is 11.0. The SMILES string of the molecule is CCCC(NC(=O)C1CCCCN1c1ccc(N2CCN(c3cccnc3)CC2)nc1)C(=O)c1nc2ccccc2o1. The fraction of sp³-hybridized carbons (Fsp3) is 0.406. The first-order chi connectivity index (χ1) is 20.6. The number of ketones is 1. The summed E-state index contributed by atoms with van der Waals surface area (Å²) in [6.07, 6.45) is 9.52. The van der Waals surface area contributed by atoms with Crippen LogP contribution in [0.5, 0.6) is 0 Å². The highest BCUT2D eigenvalue weighted by Crippen LogP contribution is 2.27. The number of benzene rings is 1. The lowest BCUT2D eigenvalue weighted by atomic mass is 9.99. The Kier molecular flexibility index (Phi) is 8.30. The molecule has 5 heterocycles. The molecule has 2 saturated heterocycles. The van der Waals surface area contributed by atoms with Crippen LogP contribution in [0.1, 0.15) is 49.7 Å². The van der Waals surface area contributed by atoms with Crippen LogP contribution in [0.25, 0.3) is 11.1 Å². The van der Waals surface area contributed by atoms with E-state index in [4.69, 9.17) is 9.40 Å². The normalized spacial score (nSPS) is 18.2. The lowest BCUT2D eigenvalue weighted by Crippen LogP contribution is -2.53. The van der Waals surface area contributed by atoms with Crippen molar-refractivity contribution in [3.8, 4) is 0 Å². The van der Waals surface area contributed by atoms with Gasteiger partial charge in [0, 0.05) is 38.9 Å². The summed E-state index contributed by atoms with van der Waals surface area (Å²) in [4.78, 5) is 47.2. The Morgan fingerprint density at radius 3 is 2.52 bits per heavy atom. The third-order valence-electron chi connectivity index (χ3n) is 8.20. The molecule has 2 aliphatic rings. The Morgan fingerprint density at radius 1 is 0.952 bits per heavy atom. The van der Waals surface area contributed by atoms with Gasteiger partial charge in [-0.1, -0.05) is 25.5 Å². The molecular formula is C32H37N7O3.